The van der Waals surface area contributed by atoms with Crippen molar-refractivity contribution >= 4 is 17.8 Å². The maximum absolute atomic E-state index is 12.0. The second-order valence-corrected chi connectivity index (χ2v) is 4.69. The Kier molecular flexibility index (Phi) is 5.12. The number of aliphatic carboxylic acids is 1. The smallest absolute Gasteiger partial charge is 0.322 e. The van der Waals surface area contributed by atoms with Gasteiger partial charge in [0.25, 0.3) is 0 Å². The summed E-state index contributed by atoms with van der Waals surface area (Å²) in [6.07, 6.45) is 4.60. The maximum atomic E-state index is 12.0. The van der Waals surface area contributed by atoms with Crippen molar-refractivity contribution in [1.29, 1.82) is 0 Å². The van der Waals surface area contributed by atoms with Crippen LogP contribution in [0.3, 0.4) is 0 Å². The summed E-state index contributed by atoms with van der Waals surface area (Å²) in [5.74, 6) is -1.67. The van der Waals surface area contributed by atoms with Gasteiger partial charge in [0.1, 0.15) is 6.54 Å². The van der Waals surface area contributed by atoms with Gasteiger partial charge in [0, 0.05) is 5.41 Å². The van der Waals surface area contributed by atoms with Gasteiger partial charge >= 0.3 is 5.97 Å². The lowest BCUT2D eigenvalue weighted by atomic mass is 9.82. The number of rotatable bonds is 6. The molecule has 0 unspecified atom stereocenters. The summed E-state index contributed by atoms with van der Waals surface area (Å²) < 4.78 is 0. The van der Waals surface area contributed by atoms with Crippen molar-refractivity contribution in [2.24, 2.45) is 5.41 Å². The van der Waals surface area contributed by atoms with E-state index in [4.69, 9.17) is 5.11 Å². The maximum Gasteiger partial charge on any atom is 0.322 e. The fourth-order valence-electron chi connectivity index (χ4n) is 2.38. The number of carboxylic acid groups (broad SMARTS) is 1. The number of amides is 2. The molecule has 0 atom stereocenters. The SMILES string of the molecule is CCC1(C(=O)NCC(=O)NCC(=O)O)CCCC1. The van der Waals surface area contributed by atoms with Crippen LogP contribution in [0.25, 0.3) is 0 Å². The van der Waals surface area contributed by atoms with Crippen LogP contribution in [0.5, 0.6) is 0 Å². The van der Waals surface area contributed by atoms with Gasteiger partial charge in [-0.1, -0.05) is 19.8 Å². The van der Waals surface area contributed by atoms with Gasteiger partial charge in [0.05, 0.1) is 6.54 Å². The molecule has 1 aliphatic rings. The lowest BCUT2D eigenvalue weighted by Crippen LogP contribution is -2.44. The molecule has 0 aromatic carbocycles. The molecular formula is C12H20N2O4. The molecule has 1 rings (SSSR count). The highest BCUT2D eigenvalue weighted by Gasteiger charge is 2.39. The number of carbonyl (C=O) groups is 3. The Morgan fingerprint density at radius 3 is 2.22 bits per heavy atom. The van der Waals surface area contributed by atoms with Crippen LogP contribution < -0.4 is 10.6 Å². The first-order chi connectivity index (χ1) is 8.50. The van der Waals surface area contributed by atoms with Gasteiger partial charge in [-0.25, -0.2) is 0 Å². The molecule has 0 heterocycles. The predicted octanol–water partition coefficient (Wildman–Crippen LogP) is 0.274. The van der Waals surface area contributed by atoms with Crippen LogP contribution in [0.4, 0.5) is 0 Å². The highest BCUT2D eigenvalue weighted by Crippen LogP contribution is 2.40. The third kappa shape index (κ3) is 3.72. The summed E-state index contributed by atoms with van der Waals surface area (Å²) in [5, 5.41) is 13.2. The van der Waals surface area contributed by atoms with Gasteiger partial charge in [0.2, 0.25) is 11.8 Å². The molecule has 3 N–H and O–H groups in total. The van der Waals surface area contributed by atoms with Crippen molar-refractivity contribution in [2.45, 2.75) is 39.0 Å². The quantitative estimate of drug-likeness (QED) is 0.635. The molecule has 0 aromatic rings. The van der Waals surface area contributed by atoms with Gasteiger partial charge in [-0.2, -0.15) is 0 Å². The summed E-state index contributed by atoms with van der Waals surface area (Å²) in [6, 6.07) is 0. The fraction of sp³-hybridized carbons (Fsp3) is 0.750. The highest BCUT2D eigenvalue weighted by molar-refractivity contribution is 5.89. The van der Waals surface area contributed by atoms with Gasteiger partial charge in [0.15, 0.2) is 0 Å². The predicted molar refractivity (Wildman–Crippen MR) is 64.8 cm³/mol. The van der Waals surface area contributed by atoms with E-state index >= 15 is 0 Å². The monoisotopic (exact) mass is 256 g/mol. The minimum Gasteiger partial charge on any atom is -0.480 e. The van der Waals surface area contributed by atoms with Crippen molar-refractivity contribution in [3.8, 4) is 0 Å². The van der Waals surface area contributed by atoms with Gasteiger partial charge in [-0.15, -0.1) is 0 Å². The number of carboxylic acids is 1. The Balaban J connectivity index is 2.36. The Bertz CT molecular complexity index is 335. The summed E-state index contributed by atoms with van der Waals surface area (Å²) in [6.45, 7) is 1.40. The summed E-state index contributed by atoms with van der Waals surface area (Å²) in [4.78, 5) is 33.6. The van der Waals surface area contributed by atoms with E-state index in [-0.39, 0.29) is 17.9 Å². The Labute approximate surface area is 106 Å². The van der Waals surface area contributed by atoms with Crippen LogP contribution in [0, 0.1) is 5.41 Å². The minimum absolute atomic E-state index is 0.0898. The standard InChI is InChI=1S/C12H20N2O4/c1-2-12(5-3-4-6-12)11(18)14-7-9(15)13-8-10(16)17/h2-8H2,1H3,(H,13,15)(H,14,18)(H,16,17). The van der Waals surface area contributed by atoms with Crippen LogP contribution >= 0.6 is 0 Å². The number of hydrogen-bond donors (Lipinski definition) is 3. The zero-order valence-corrected chi connectivity index (χ0v) is 10.6. The zero-order valence-electron chi connectivity index (χ0n) is 10.6. The summed E-state index contributed by atoms with van der Waals surface area (Å²) >= 11 is 0. The van der Waals surface area contributed by atoms with Crippen molar-refractivity contribution in [2.75, 3.05) is 13.1 Å². The molecule has 0 aliphatic heterocycles. The molecule has 102 valence electrons. The lowest BCUT2D eigenvalue weighted by Gasteiger charge is -2.25. The molecule has 6 nitrogen and oxygen atoms in total. The molecule has 6 heteroatoms. The first kappa shape index (κ1) is 14.5. The van der Waals surface area contributed by atoms with E-state index in [0.717, 1.165) is 32.1 Å². The molecule has 0 aromatic heterocycles. The van der Waals surface area contributed by atoms with E-state index in [9.17, 15) is 14.4 Å². The van der Waals surface area contributed by atoms with Crippen molar-refractivity contribution in [1.82, 2.24) is 10.6 Å². The Hall–Kier alpha value is -1.59. The third-order valence-corrected chi connectivity index (χ3v) is 3.57. The van der Waals surface area contributed by atoms with Gasteiger partial charge in [-0.3, -0.25) is 14.4 Å². The Morgan fingerprint density at radius 2 is 1.72 bits per heavy atom. The van der Waals surface area contributed by atoms with Gasteiger partial charge < -0.3 is 15.7 Å². The average molecular weight is 256 g/mol. The summed E-state index contributed by atoms with van der Waals surface area (Å²) in [7, 11) is 0. The second-order valence-electron chi connectivity index (χ2n) is 4.69. The zero-order chi connectivity index (χ0) is 13.6. The molecule has 1 aliphatic carbocycles. The summed E-state index contributed by atoms with van der Waals surface area (Å²) in [5.41, 5.74) is -0.326. The van der Waals surface area contributed by atoms with Crippen LogP contribution in [0.1, 0.15) is 39.0 Å². The van der Waals surface area contributed by atoms with Crippen LogP contribution in [0.2, 0.25) is 0 Å². The van der Waals surface area contributed by atoms with E-state index in [2.05, 4.69) is 10.6 Å². The van der Waals surface area contributed by atoms with Crippen molar-refractivity contribution in [3.63, 3.8) is 0 Å². The van der Waals surface area contributed by atoms with Crippen LogP contribution in [-0.4, -0.2) is 36.0 Å². The largest absolute Gasteiger partial charge is 0.480 e. The number of hydrogen-bond acceptors (Lipinski definition) is 3. The molecular weight excluding hydrogens is 236 g/mol. The third-order valence-electron chi connectivity index (χ3n) is 3.57. The second kappa shape index (κ2) is 6.37. The lowest BCUT2D eigenvalue weighted by molar-refractivity contribution is -0.138. The highest BCUT2D eigenvalue weighted by atomic mass is 16.4. The van der Waals surface area contributed by atoms with Crippen molar-refractivity contribution < 1.29 is 19.5 Å². The fourth-order valence-corrected chi connectivity index (χ4v) is 2.38. The first-order valence-electron chi connectivity index (χ1n) is 6.27. The molecule has 2 amide bonds. The first-order valence-corrected chi connectivity index (χ1v) is 6.27. The average Bonchev–Trinajstić information content (AvgIpc) is 2.83. The van der Waals surface area contributed by atoms with E-state index < -0.39 is 18.4 Å². The molecule has 0 saturated heterocycles. The van der Waals surface area contributed by atoms with Crippen molar-refractivity contribution in [3.05, 3.63) is 0 Å². The number of nitrogens with one attached hydrogen (secondary N) is 2. The molecule has 1 fully saturated rings. The van der Waals surface area contributed by atoms with E-state index in [1.807, 2.05) is 6.92 Å². The molecule has 0 spiro atoms. The molecule has 18 heavy (non-hydrogen) atoms. The van der Waals surface area contributed by atoms with Crippen LogP contribution in [-0.2, 0) is 14.4 Å². The topological polar surface area (TPSA) is 95.5 Å². The van der Waals surface area contributed by atoms with E-state index in [0.29, 0.717) is 0 Å². The van der Waals surface area contributed by atoms with E-state index in [1.165, 1.54) is 0 Å². The number of carbonyl (C=O) groups excluding carboxylic acids is 2. The van der Waals surface area contributed by atoms with Crippen LogP contribution in [0.15, 0.2) is 0 Å². The normalized spacial score (nSPS) is 17.2. The molecule has 0 radical (unpaired) electrons. The Morgan fingerprint density at radius 1 is 1.11 bits per heavy atom. The molecule has 0 bridgehead atoms. The van der Waals surface area contributed by atoms with E-state index in [1.54, 1.807) is 0 Å². The molecule has 1 saturated carbocycles. The van der Waals surface area contributed by atoms with Gasteiger partial charge in [-0.05, 0) is 19.3 Å². The minimum atomic E-state index is -1.10.